The van der Waals surface area contributed by atoms with Crippen LogP contribution >= 0.6 is 0 Å². The van der Waals surface area contributed by atoms with Gasteiger partial charge in [-0.15, -0.1) is 0 Å². The van der Waals surface area contributed by atoms with Crippen LogP contribution in [0.3, 0.4) is 0 Å². The van der Waals surface area contributed by atoms with Crippen molar-refractivity contribution in [3.8, 4) is 0 Å². The first-order chi connectivity index (χ1) is 18.7. The zero-order valence-corrected chi connectivity index (χ0v) is 24.4. The summed E-state index contributed by atoms with van der Waals surface area (Å²) in [5.74, 6) is -0.639. The highest BCUT2D eigenvalue weighted by molar-refractivity contribution is 7.92. The van der Waals surface area contributed by atoms with Gasteiger partial charge < -0.3 is 5.32 Å². The number of nitrogens with one attached hydrogen (secondary N) is 2. The van der Waals surface area contributed by atoms with E-state index in [4.69, 9.17) is 0 Å². The molecule has 0 saturated heterocycles. The Bertz CT molecular complexity index is 1700. The highest BCUT2D eigenvalue weighted by atomic mass is 32.2. The van der Waals surface area contributed by atoms with Gasteiger partial charge in [-0.25, -0.2) is 8.42 Å². The zero-order chi connectivity index (χ0) is 29.2. The molecule has 0 aliphatic carbocycles. The molecule has 7 heteroatoms. The highest BCUT2D eigenvalue weighted by Gasteiger charge is 2.20. The van der Waals surface area contributed by atoms with Crippen molar-refractivity contribution >= 4 is 33.1 Å². The van der Waals surface area contributed by atoms with Crippen LogP contribution in [0.25, 0.3) is 0 Å². The van der Waals surface area contributed by atoms with Crippen LogP contribution in [0.15, 0.2) is 89.8 Å². The van der Waals surface area contributed by atoms with Crippen molar-refractivity contribution in [3.05, 3.63) is 124 Å². The standard InChI is InChI=1S/C33H34N2O4S/c1-21-11-17-29(18-23(21)3)35-40(38,39)30-20-26(12-10-22(30)2)32(37)34-28-9-7-8-25(19-28)31(36)24-13-15-27(16-14-24)33(4,5)6/h7-20,35H,1-6H3,(H,34,37). The minimum absolute atomic E-state index is 0.0148. The average molecular weight is 555 g/mol. The summed E-state index contributed by atoms with van der Waals surface area (Å²) < 4.78 is 29.0. The van der Waals surface area contributed by atoms with Gasteiger partial charge in [-0.1, -0.05) is 69.3 Å². The molecule has 4 rings (SSSR count). The number of carbonyl (C=O) groups excluding carboxylic acids is 2. The smallest absolute Gasteiger partial charge is 0.262 e. The summed E-state index contributed by atoms with van der Waals surface area (Å²) in [6.45, 7) is 11.9. The number of sulfonamides is 1. The van der Waals surface area contributed by atoms with Crippen LogP contribution in [0, 0.1) is 20.8 Å². The van der Waals surface area contributed by atoms with E-state index < -0.39 is 15.9 Å². The van der Waals surface area contributed by atoms with E-state index in [1.807, 2.05) is 44.2 Å². The van der Waals surface area contributed by atoms with E-state index in [-0.39, 0.29) is 21.7 Å². The third-order valence-corrected chi connectivity index (χ3v) is 8.42. The Morgan fingerprint density at radius 2 is 1.30 bits per heavy atom. The van der Waals surface area contributed by atoms with E-state index >= 15 is 0 Å². The van der Waals surface area contributed by atoms with Gasteiger partial charge in [0.2, 0.25) is 0 Å². The maximum atomic E-state index is 13.2. The second-order valence-electron chi connectivity index (χ2n) is 11.1. The highest BCUT2D eigenvalue weighted by Crippen LogP contribution is 2.25. The number of hydrogen-bond acceptors (Lipinski definition) is 4. The summed E-state index contributed by atoms with van der Waals surface area (Å²) in [6.07, 6.45) is 0. The van der Waals surface area contributed by atoms with Crippen LogP contribution in [0.4, 0.5) is 11.4 Å². The van der Waals surface area contributed by atoms with Crippen LogP contribution < -0.4 is 10.0 Å². The van der Waals surface area contributed by atoms with Crippen LogP contribution in [0.5, 0.6) is 0 Å². The lowest BCUT2D eigenvalue weighted by atomic mass is 9.86. The number of carbonyl (C=O) groups is 2. The number of aryl methyl sites for hydroxylation is 3. The summed E-state index contributed by atoms with van der Waals surface area (Å²) in [6, 6.07) is 24.1. The lowest BCUT2D eigenvalue weighted by Gasteiger charge is -2.19. The fourth-order valence-electron chi connectivity index (χ4n) is 4.28. The molecule has 0 spiro atoms. The minimum atomic E-state index is -3.94. The summed E-state index contributed by atoms with van der Waals surface area (Å²) in [7, 11) is -3.94. The number of rotatable bonds is 7. The van der Waals surface area contributed by atoms with Gasteiger partial charge >= 0.3 is 0 Å². The predicted molar refractivity (Wildman–Crippen MR) is 161 cm³/mol. The summed E-state index contributed by atoms with van der Waals surface area (Å²) in [5.41, 5.74) is 5.71. The molecule has 4 aromatic rings. The molecule has 6 nitrogen and oxygen atoms in total. The predicted octanol–water partition coefficient (Wildman–Crippen LogP) is 7.19. The van der Waals surface area contributed by atoms with Crippen molar-refractivity contribution in [3.63, 3.8) is 0 Å². The van der Waals surface area contributed by atoms with Gasteiger partial charge in [-0.2, -0.15) is 0 Å². The SMILES string of the molecule is Cc1ccc(NS(=O)(=O)c2cc(C(=O)Nc3cccc(C(=O)c4ccc(C(C)(C)C)cc4)c3)ccc2C)cc1C. The van der Waals surface area contributed by atoms with Crippen LogP contribution in [0.1, 0.15) is 69.3 Å². The topological polar surface area (TPSA) is 92.3 Å². The molecular formula is C33H34N2O4S. The molecule has 0 bridgehead atoms. The van der Waals surface area contributed by atoms with Crippen molar-refractivity contribution in [2.24, 2.45) is 0 Å². The molecule has 1 amide bonds. The molecule has 0 atom stereocenters. The Morgan fingerprint density at radius 3 is 1.95 bits per heavy atom. The molecule has 0 fully saturated rings. The van der Waals surface area contributed by atoms with Crippen LogP contribution in [-0.2, 0) is 15.4 Å². The lowest BCUT2D eigenvalue weighted by molar-refractivity contribution is 0.102. The zero-order valence-electron chi connectivity index (χ0n) is 23.6. The molecule has 40 heavy (non-hydrogen) atoms. The molecule has 2 N–H and O–H groups in total. The fraction of sp³-hybridized carbons (Fsp3) is 0.212. The molecule has 0 unspecified atom stereocenters. The Balaban J connectivity index is 1.53. The van der Waals surface area contributed by atoms with Crippen molar-refractivity contribution < 1.29 is 18.0 Å². The van der Waals surface area contributed by atoms with Crippen molar-refractivity contribution in [1.82, 2.24) is 0 Å². The van der Waals surface area contributed by atoms with E-state index in [1.165, 1.54) is 6.07 Å². The number of benzene rings is 4. The van der Waals surface area contributed by atoms with E-state index in [9.17, 15) is 18.0 Å². The average Bonchev–Trinajstić information content (AvgIpc) is 2.90. The normalized spacial score (nSPS) is 11.7. The second kappa shape index (κ2) is 11.1. The summed E-state index contributed by atoms with van der Waals surface area (Å²) >= 11 is 0. The molecule has 4 aromatic carbocycles. The maximum absolute atomic E-state index is 13.2. The number of hydrogen-bond donors (Lipinski definition) is 2. The van der Waals surface area contributed by atoms with Crippen molar-refractivity contribution in [1.29, 1.82) is 0 Å². The van der Waals surface area contributed by atoms with E-state index in [1.54, 1.807) is 55.5 Å². The van der Waals surface area contributed by atoms with E-state index in [2.05, 4.69) is 30.8 Å². The molecule has 0 saturated carbocycles. The second-order valence-corrected chi connectivity index (χ2v) is 12.7. The molecule has 0 aliphatic heterocycles. The molecule has 0 radical (unpaired) electrons. The van der Waals surface area contributed by atoms with Crippen molar-refractivity contribution in [2.75, 3.05) is 10.0 Å². The monoisotopic (exact) mass is 554 g/mol. The van der Waals surface area contributed by atoms with Gasteiger partial charge in [-0.05, 0) is 84.8 Å². The molecule has 0 heterocycles. The fourth-order valence-corrected chi connectivity index (χ4v) is 5.60. The van der Waals surface area contributed by atoms with E-state index in [0.29, 0.717) is 28.1 Å². The minimum Gasteiger partial charge on any atom is -0.322 e. The third kappa shape index (κ3) is 6.49. The Morgan fingerprint density at radius 1 is 0.650 bits per heavy atom. The van der Waals surface area contributed by atoms with Crippen LogP contribution in [0.2, 0.25) is 0 Å². The van der Waals surface area contributed by atoms with E-state index in [0.717, 1.165) is 16.7 Å². The Labute approximate surface area is 236 Å². The largest absolute Gasteiger partial charge is 0.322 e. The number of anilines is 2. The quantitative estimate of drug-likeness (QED) is 0.236. The van der Waals surface area contributed by atoms with Gasteiger partial charge in [0.25, 0.3) is 15.9 Å². The van der Waals surface area contributed by atoms with Gasteiger partial charge in [0.15, 0.2) is 5.78 Å². The van der Waals surface area contributed by atoms with Crippen LogP contribution in [-0.4, -0.2) is 20.1 Å². The molecule has 0 aromatic heterocycles. The number of ketones is 1. The lowest BCUT2D eigenvalue weighted by Crippen LogP contribution is -2.17. The Kier molecular flexibility index (Phi) is 7.98. The molecule has 206 valence electrons. The maximum Gasteiger partial charge on any atom is 0.262 e. The van der Waals surface area contributed by atoms with Gasteiger partial charge in [0.1, 0.15) is 0 Å². The van der Waals surface area contributed by atoms with Gasteiger partial charge in [0.05, 0.1) is 4.90 Å². The third-order valence-electron chi connectivity index (χ3n) is 6.89. The first-order valence-corrected chi connectivity index (χ1v) is 14.5. The summed E-state index contributed by atoms with van der Waals surface area (Å²) in [5, 5.41) is 2.79. The molecular weight excluding hydrogens is 520 g/mol. The summed E-state index contributed by atoms with van der Waals surface area (Å²) in [4.78, 5) is 26.2. The number of amides is 1. The first kappa shape index (κ1) is 28.8. The molecule has 0 aliphatic rings. The van der Waals surface area contributed by atoms with Crippen molar-refractivity contribution in [2.45, 2.75) is 51.9 Å². The first-order valence-electron chi connectivity index (χ1n) is 13.0. The van der Waals surface area contributed by atoms with Gasteiger partial charge in [0, 0.05) is 28.1 Å². The van der Waals surface area contributed by atoms with Gasteiger partial charge in [-0.3, -0.25) is 14.3 Å². The Hall–Kier alpha value is -4.23.